The monoisotopic (exact) mass is 239 g/mol. The van der Waals surface area contributed by atoms with Gasteiger partial charge in [0.25, 0.3) is 0 Å². The maximum absolute atomic E-state index is 5.98. The Labute approximate surface area is 106 Å². The van der Waals surface area contributed by atoms with Crippen LogP contribution >= 0.6 is 0 Å². The molecule has 2 fully saturated rings. The first-order valence-corrected chi connectivity index (χ1v) is 7.37. The minimum atomic E-state index is 0.751. The summed E-state index contributed by atoms with van der Waals surface area (Å²) in [6.45, 7) is 8.17. The van der Waals surface area contributed by atoms with Crippen LogP contribution in [0.5, 0.6) is 0 Å². The van der Waals surface area contributed by atoms with Crippen molar-refractivity contribution in [2.45, 2.75) is 38.6 Å². The zero-order valence-corrected chi connectivity index (χ0v) is 11.6. The molecule has 0 spiro atoms. The molecule has 0 radical (unpaired) electrons. The second-order valence-corrected chi connectivity index (χ2v) is 5.99. The lowest BCUT2D eigenvalue weighted by molar-refractivity contribution is 0.0437. The van der Waals surface area contributed by atoms with E-state index in [1.807, 2.05) is 0 Å². The average molecular weight is 239 g/mol. The van der Waals surface area contributed by atoms with Crippen LogP contribution in [0.4, 0.5) is 0 Å². The van der Waals surface area contributed by atoms with E-state index in [1.165, 1.54) is 51.9 Å². The minimum absolute atomic E-state index is 0.751. The predicted octanol–water partition coefficient (Wildman–Crippen LogP) is 1.39. The number of nitrogens with zero attached hydrogens (tertiary/aromatic N) is 2. The Balaban J connectivity index is 1.94. The van der Waals surface area contributed by atoms with E-state index in [0.717, 1.165) is 24.4 Å². The Hall–Kier alpha value is -0.120. The summed E-state index contributed by atoms with van der Waals surface area (Å²) >= 11 is 0. The lowest BCUT2D eigenvalue weighted by Gasteiger charge is -2.45. The summed E-state index contributed by atoms with van der Waals surface area (Å²) in [6.07, 6.45) is 5.50. The highest BCUT2D eigenvalue weighted by Gasteiger charge is 2.33. The number of piperazine rings is 1. The fourth-order valence-electron chi connectivity index (χ4n) is 3.54. The minimum Gasteiger partial charge on any atom is -0.330 e. The van der Waals surface area contributed by atoms with Gasteiger partial charge in [-0.05, 0) is 38.3 Å². The van der Waals surface area contributed by atoms with Crippen LogP contribution in [-0.4, -0.2) is 55.6 Å². The van der Waals surface area contributed by atoms with Crippen LogP contribution < -0.4 is 5.73 Å². The fourth-order valence-corrected chi connectivity index (χ4v) is 3.54. The molecule has 1 aliphatic heterocycles. The highest BCUT2D eigenvalue weighted by molar-refractivity contribution is 4.89. The quantitative estimate of drug-likeness (QED) is 0.808. The van der Waals surface area contributed by atoms with E-state index in [2.05, 4.69) is 23.8 Å². The smallest absolute Gasteiger partial charge is 0.0139 e. The molecule has 3 heteroatoms. The highest BCUT2D eigenvalue weighted by Crippen LogP contribution is 2.33. The van der Waals surface area contributed by atoms with Crippen molar-refractivity contribution in [2.75, 3.05) is 39.8 Å². The van der Waals surface area contributed by atoms with E-state index in [0.29, 0.717) is 0 Å². The SMILES string of the molecule is CCC1CCC(CN)C(N2CCN(C)CC2)C1. The molecular formula is C14H29N3. The van der Waals surface area contributed by atoms with Crippen molar-refractivity contribution in [1.29, 1.82) is 0 Å². The number of rotatable bonds is 3. The van der Waals surface area contributed by atoms with Gasteiger partial charge in [-0.15, -0.1) is 0 Å². The first-order chi connectivity index (χ1) is 8.24. The highest BCUT2D eigenvalue weighted by atomic mass is 15.3. The first-order valence-electron chi connectivity index (χ1n) is 7.37. The Bertz CT molecular complexity index is 224. The molecule has 3 nitrogen and oxygen atoms in total. The van der Waals surface area contributed by atoms with Crippen LogP contribution in [-0.2, 0) is 0 Å². The van der Waals surface area contributed by atoms with Crippen molar-refractivity contribution >= 4 is 0 Å². The molecule has 17 heavy (non-hydrogen) atoms. The molecule has 0 aromatic carbocycles. The van der Waals surface area contributed by atoms with Gasteiger partial charge >= 0.3 is 0 Å². The van der Waals surface area contributed by atoms with Gasteiger partial charge in [-0.3, -0.25) is 4.90 Å². The van der Waals surface area contributed by atoms with Crippen LogP contribution in [0, 0.1) is 11.8 Å². The van der Waals surface area contributed by atoms with Crippen molar-refractivity contribution in [3.63, 3.8) is 0 Å². The normalized spacial score (nSPS) is 37.2. The third-order valence-corrected chi connectivity index (χ3v) is 4.95. The van der Waals surface area contributed by atoms with Gasteiger partial charge in [0.2, 0.25) is 0 Å². The van der Waals surface area contributed by atoms with Crippen molar-refractivity contribution in [3.8, 4) is 0 Å². The zero-order valence-electron chi connectivity index (χ0n) is 11.6. The third kappa shape index (κ3) is 3.21. The Morgan fingerprint density at radius 2 is 1.82 bits per heavy atom. The first kappa shape index (κ1) is 13.3. The topological polar surface area (TPSA) is 32.5 Å². The van der Waals surface area contributed by atoms with Crippen molar-refractivity contribution in [3.05, 3.63) is 0 Å². The van der Waals surface area contributed by atoms with Gasteiger partial charge in [-0.1, -0.05) is 19.8 Å². The van der Waals surface area contributed by atoms with E-state index in [1.54, 1.807) is 0 Å². The molecule has 0 aromatic heterocycles. The Morgan fingerprint density at radius 3 is 2.41 bits per heavy atom. The summed E-state index contributed by atoms with van der Waals surface area (Å²) in [5.41, 5.74) is 5.98. The van der Waals surface area contributed by atoms with Gasteiger partial charge in [0.15, 0.2) is 0 Å². The number of nitrogens with two attached hydrogens (primary N) is 1. The van der Waals surface area contributed by atoms with Gasteiger partial charge in [0.1, 0.15) is 0 Å². The molecule has 1 aliphatic carbocycles. The molecule has 1 saturated carbocycles. The van der Waals surface area contributed by atoms with Crippen LogP contribution in [0.3, 0.4) is 0 Å². The third-order valence-electron chi connectivity index (χ3n) is 4.95. The Kier molecular flexibility index (Phi) is 4.83. The van der Waals surface area contributed by atoms with E-state index >= 15 is 0 Å². The molecule has 0 aromatic rings. The summed E-state index contributed by atoms with van der Waals surface area (Å²) in [5, 5.41) is 0. The molecule has 1 heterocycles. The standard InChI is InChI=1S/C14H29N3/c1-3-12-4-5-13(11-15)14(10-12)17-8-6-16(2)7-9-17/h12-14H,3-11,15H2,1-2H3. The maximum atomic E-state index is 5.98. The number of likely N-dealkylation sites (N-methyl/N-ethyl adjacent to an activating group) is 1. The molecule has 0 amide bonds. The second-order valence-electron chi connectivity index (χ2n) is 5.99. The van der Waals surface area contributed by atoms with E-state index in [-0.39, 0.29) is 0 Å². The zero-order chi connectivity index (χ0) is 12.3. The van der Waals surface area contributed by atoms with E-state index < -0.39 is 0 Å². The molecule has 2 N–H and O–H groups in total. The van der Waals surface area contributed by atoms with E-state index in [9.17, 15) is 0 Å². The van der Waals surface area contributed by atoms with Crippen LogP contribution in [0.2, 0.25) is 0 Å². The van der Waals surface area contributed by atoms with Crippen LogP contribution in [0.25, 0.3) is 0 Å². The molecule has 3 unspecified atom stereocenters. The molecule has 0 bridgehead atoms. The average Bonchev–Trinajstić information content (AvgIpc) is 2.39. The molecule has 100 valence electrons. The molecule has 2 aliphatic rings. The van der Waals surface area contributed by atoms with E-state index in [4.69, 9.17) is 5.73 Å². The summed E-state index contributed by atoms with van der Waals surface area (Å²) < 4.78 is 0. The van der Waals surface area contributed by atoms with Crippen LogP contribution in [0.1, 0.15) is 32.6 Å². The summed E-state index contributed by atoms with van der Waals surface area (Å²) in [4.78, 5) is 5.16. The van der Waals surface area contributed by atoms with Gasteiger partial charge < -0.3 is 10.6 Å². The second kappa shape index (κ2) is 6.17. The maximum Gasteiger partial charge on any atom is 0.0139 e. The predicted molar refractivity (Wildman–Crippen MR) is 73.0 cm³/mol. The van der Waals surface area contributed by atoms with Gasteiger partial charge in [0, 0.05) is 32.2 Å². The molecule has 1 saturated heterocycles. The lowest BCUT2D eigenvalue weighted by atomic mass is 9.76. The summed E-state index contributed by atoms with van der Waals surface area (Å²) in [5.74, 6) is 1.70. The summed E-state index contributed by atoms with van der Waals surface area (Å²) in [7, 11) is 2.23. The number of hydrogen-bond donors (Lipinski definition) is 1. The lowest BCUT2D eigenvalue weighted by Crippen LogP contribution is -2.54. The van der Waals surface area contributed by atoms with Gasteiger partial charge in [0.05, 0.1) is 0 Å². The summed E-state index contributed by atoms with van der Waals surface area (Å²) in [6, 6.07) is 0.771. The van der Waals surface area contributed by atoms with Gasteiger partial charge in [-0.25, -0.2) is 0 Å². The largest absolute Gasteiger partial charge is 0.330 e. The fraction of sp³-hybridized carbons (Fsp3) is 1.00. The Morgan fingerprint density at radius 1 is 1.12 bits per heavy atom. The molecule has 3 atom stereocenters. The number of hydrogen-bond acceptors (Lipinski definition) is 3. The van der Waals surface area contributed by atoms with Crippen molar-refractivity contribution < 1.29 is 0 Å². The van der Waals surface area contributed by atoms with Crippen molar-refractivity contribution in [2.24, 2.45) is 17.6 Å². The van der Waals surface area contributed by atoms with Crippen molar-refractivity contribution in [1.82, 2.24) is 9.80 Å². The van der Waals surface area contributed by atoms with Crippen LogP contribution in [0.15, 0.2) is 0 Å². The molecular weight excluding hydrogens is 210 g/mol. The molecule has 2 rings (SSSR count). The van der Waals surface area contributed by atoms with Gasteiger partial charge in [-0.2, -0.15) is 0 Å².